The molecule has 0 bridgehead atoms. The smallest absolute Gasteiger partial charge is 0.377 e. The van der Waals surface area contributed by atoms with Gasteiger partial charge in [-0.2, -0.15) is 0 Å². The average molecular weight is 265 g/mol. The van der Waals surface area contributed by atoms with Gasteiger partial charge in [0.25, 0.3) is 5.78 Å². The number of hydrogen-bond acceptors (Lipinski definition) is 6. The van der Waals surface area contributed by atoms with Gasteiger partial charge in [0.15, 0.2) is 11.5 Å². The first-order valence-corrected chi connectivity index (χ1v) is 5.22. The number of esters is 1. The average Bonchev–Trinajstić information content (AvgIpc) is 2.38. The summed E-state index contributed by atoms with van der Waals surface area (Å²) in [5.74, 6) is -0.575. The first-order valence-electron chi connectivity index (χ1n) is 5.22. The molecule has 1 N–H and O–H groups in total. The number of carbonyl (C=O) groups is 2. The summed E-state index contributed by atoms with van der Waals surface area (Å²) < 4.78 is 15.1. The lowest BCUT2D eigenvalue weighted by molar-refractivity contribution is -0.132. The summed E-state index contributed by atoms with van der Waals surface area (Å²) in [5.41, 5.74) is 6.84. The van der Waals surface area contributed by atoms with E-state index in [-0.39, 0.29) is 22.8 Å². The van der Waals surface area contributed by atoms with E-state index in [1.165, 1.54) is 33.3 Å². The Morgan fingerprint density at radius 1 is 1.21 bits per heavy atom. The summed E-state index contributed by atoms with van der Waals surface area (Å²) in [6.45, 7) is 1.24. The zero-order valence-corrected chi connectivity index (χ0v) is 10.7. The Labute approximate surface area is 109 Å². The Morgan fingerprint density at radius 2 is 1.74 bits per heavy atom. The Bertz CT molecular complexity index is 536. The number of hydrogen-bond donors (Lipinski definition) is 1. The maximum absolute atomic E-state index is 11.6. The first kappa shape index (κ1) is 14.4. The van der Waals surface area contributed by atoms with Gasteiger partial charge in [-0.25, -0.2) is 0 Å². The van der Waals surface area contributed by atoms with Gasteiger partial charge in [-0.1, -0.05) is 0 Å². The summed E-state index contributed by atoms with van der Waals surface area (Å²) in [6.07, 6.45) is 0.847. The fraction of sp³-hybridized carbons (Fsp3) is 0.250. The minimum atomic E-state index is -0.539. The van der Waals surface area contributed by atoms with Crippen molar-refractivity contribution >= 4 is 18.0 Å². The Kier molecular flexibility index (Phi) is 4.79. The maximum Gasteiger partial charge on any atom is 0.377 e. The van der Waals surface area contributed by atoms with Gasteiger partial charge in [0.1, 0.15) is 0 Å². The number of methoxy groups -OCH3 is 2. The summed E-state index contributed by atoms with van der Waals surface area (Å²) in [5, 5.41) is 0. The van der Waals surface area contributed by atoms with Crippen LogP contribution in [0.25, 0.3) is 0 Å². The lowest BCUT2D eigenvalue weighted by atomic mass is 10.1. The number of benzene rings is 1. The minimum Gasteiger partial charge on any atom is -0.493 e. The molecule has 19 heavy (non-hydrogen) atoms. The molecule has 0 atom stereocenters. The second-order valence-corrected chi connectivity index (χ2v) is 3.43. The lowest BCUT2D eigenvalue weighted by Crippen LogP contribution is -2.07. The van der Waals surface area contributed by atoms with Crippen molar-refractivity contribution in [3.63, 3.8) is 0 Å². The SMILES string of the molecule is COc1cc(C(=O)C=[N+]=N)cc(OC)c1OC(C)=O. The van der Waals surface area contributed by atoms with Gasteiger partial charge in [-0.3, -0.25) is 9.59 Å². The minimum absolute atomic E-state index is 0.0943. The van der Waals surface area contributed by atoms with Crippen molar-refractivity contribution in [3.05, 3.63) is 17.7 Å². The van der Waals surface area contributed by atoms with Crippen LogP contribution in [0.4, 0.5) is 0 Å². The van der Waals surface area contributed by atoms with Gasteiger partial charge < -0.3 is 14.2 Å². The molecule has 0 saturated carbocycles. The van der Waals surface area contributed by atoms with Crippen LogP contribution in [-0.4, -0.2) is 37.0 Å². The molecule has 0 saturated heterocycles. The summed E-state index contributed by atoms with van der Waals surface area (Å²) in [6, 6.07) is 2.76. The molecule has 0 aliphatic heterocycles. The van der Waals surface area contributed by atoms with E-state index < -0.39 is 11.8 Å². The molecule has 1 aromatic rings. The van der Waals surface area contributed by atoms with E-state index in [1.54, 1.807) is 0 Å². The zero-order valence-electron chi connectivity index (χ0n) is 10.7. The molecule has 0 aromatic heterocycles. The van der Waals surface area contributed by atoms with Crippen molar-refractivity contribution in [2.24, 2.45) is 0 Å². The molecule has 0 fully saturated rings. The molecular formula is C12H13N2O5+. The van der Waals surface area contributed by atoms with Gasteiger partial charge >= 0.3 is 12.2 Å². The van der Waals surface area contributed by atoms with Crippen LogP contribution < -0.4 is 14.2 Å². The molecule has 1 rings (SSSR count). The van der Waals surface area contributed by atoms with Crippen LogP contribution in [0.1, 0.15) is 17.3 Å². The van der Waals surface area contributed by atoms with Gasteiger partial charge in [0.05, 0.1) is 24.5 Å². The molecule has 0 radical (unpaired) electrons. The molecule has 1 aromatic carbocycles. The number of nitrogens with one attached hydrogen (secondary N) is 1. The molecule has 0 unspecified atom stereocenters. The maximum atomic E-state index is 11.6. The molecule has 7 nitrogen and oxygen atoms in total. The van der Waals surface area contributed by atoms with Gasteiger partial charge in [-0.15, -0.1) is 0 Å². The van der Waals surface area contributed by atoms with Crippen molar-refractivity contribution in [2.75, 3.05) is 14.2 Å². The highest BCUT2D eigenvalue weighted by Crippen LogP contribution is 2.38. The molecule has 0 spiro atoms. The van der Waals surface area contributed by atoms with E-state index in [0.29, 0.717) is 0 Å². The van der Waals surface area contributed by atoms with Gasteiger partial charge in [0, 0.05) is 12.5 Å². The van der Waals surface area contributed by atoms with E-state index in [2.05, 4.69) is 4.79 Å². The second-order valence-electron chi connectivity index (χ2n) is 3.43. The van der Waals surface area contributed by atoms with E-state index in [1.807, 2.05) is 0 Å². The van der Waals surface area contributed by atoms with Crippen LogP contribution in [0.3, 0.4) is 0 Å². The number of ketones is 1. The van der Waals surface area contributed by atoms with Crippen LogP contribution in [-0.2, 0) is 4.79 Å². The molecule has 0 aliphatic rings. The first-order chi connectivity index (χ1) is 9.03. The van der Waals surface area contributed by atoms with Crippen molar-refractivity contribution in [2.45, 2.75) is 6.92 Å². The Morgan fingerprint density at radius 3 is 2.11 bits per heavy atom. The van der Waals surface area contributed by atoms with Crippen molar-refractivity contribution in [1.82, 2.24) is 0 Å². The number of Topliss-reactive ketones (excluding diaryl/α,β-unsaturated/α-hetero) is 1. The molecular weight excluding hydrogens is 252 g/mol. The topological polar surface area (TPSA) is 99.8 Å². The normalized spacial score (nSPS) is 9.21. The lowest BCUT2D eigenvalue weighted by Gasteiger charge is -2.13. The van der Waals surface area contributed by atoms with Crippen LogP contribution in [0.15, 0.2) is 12.1 Å². The van der Waals surface area contributed by atoms with E-state index in [0.717, 1.165) is 6.21 Å². The second kappa shape index (κ2) is 6.32. The molecule has 0 aliphatic carbocycles. The molecule has 100 valence electrons. The number of ether oxygens (including phenoxy) is 3. The number of nitrogens with zero attached hydrogens (tertiary/aromatic N) is 1. The van der Waals surface area contributed by atoms with Gasteiger partial charge in [-0.05, 0) is 12.1 Å². The third-order valence-corrected chi connectivity index (χ3v) is 2.17. The van der Waals surface area contributed by atoms with Crippen LogP contribution >= 0.6 is 0 Å². The Hall–Kier alpha value is -2.66. The monoisotopic (exact) mass is 265 g/mol. The highest BCUT2D eigenvalue weighted by molar-refractivity contribution is 6.33. The van der Waals surface area contributed by atoms with Crippen molar-refractivity contribution in [1.29, 1.82) is 5.53 Å². The van der Waals surface area contributed by atoms with Crippen molar-refractivity contribution in [3.8, 4) is 17.2 Å². The van der Waals surface area contributed by atoms with Crippen LogP contribution in [0.2, 0.25) is 0 Å². The van der Waals surface area contributed by atoms with E-state index in [9.17, 15) is 9.59 Å². The summed E-state index contributed by atoms with van der Waals surface area (Å²) in [7, 11) is 2.74. The molecule has 7 heteroatoms. The number of rotatable bonds is 5. The number of carbonyl (C=O) groups excluding carboxylic acids is 2. The third-order valence-electron chi connectivity index (χ3n) is 2.17. The summed E-state index contributed by atoms with van der Waals surface area (Å²) in [4.78, 5) is 25.6. The highest BCUT2D eigenvalue weighted by Gasteiger charge is 2.19. The summed E-state index contributed by atoms with van der Waals surface area (Å²) >= 11 is 0. The highest BCUT2D eigenvalue weighted by atomic mass is 16.6. The predicted molar refractivity (Wildman–Crippen MR) is 64.2 cm³/mol. The Balaban J connectivity index is 3.38. The van der Waals surface area contributed by atoms with Gasteiger partial charge in [0.2, 0.25) is 5.75 Å². The third kappa shape index (κ3) is 3.40. The largest absolute Gasteiger partial charge is 0.493 e. The standard InChI is InChI=1S/C12H13N2O5/c1-7(15)19-12-10(17-2)4-8(5-11(12)18-3)9(16)6-14-13/h4-6,13H,1-3H3/q+1. The predicted octanol–water partition coefficient (Wildman–Crippen LogP) is 1.12. The molecule has 0 heterocycles. The van der Waals surface area contributed by atoms with Crippen LogP contribution in [0.5, 0.6) is 17.2 Å². The quantitative estimate of drug-likeness (QED) is 0.215. The molecule has 0 amide bonds. The van der Waals surface area contributed by atoms with Crippen molar-refractivity contribution < 1.29 is 28.6 Å². The van der Waals surface area contributed by atoms with E-state index in [4.69, 9.17) is 19.7 Å². The zero-order chi connectivity index (χ0) is 14.4. The fourth-order valence-corrected chi connectivity index (χ4v) is 1.40. The fourth-order valence-electron chi connectivity index (χ4n) is 1.40. The van der Waals surface area contributed by atoms with E-state index >= 15 is 0 Å². The van der Waals surface area contributed by atoms with Crippen LogP contribution in [0, 0.1) is 5.53 Å².